The van der Waals surface area contributed by atoms with Gasteiger partial charge in [-0.15, -0.1) is 0 Å². The molecule has 3 heteroatoms. The molecule has 0 saturated heterocycles. The molecular weight excluding hydrogens is 186 g/mol. The minimum absolute atomic E-state index is 0.517. The highest BCUT2D eigenvalue weighted by Crippen LogP contribution is 2.09. The van der Waals surface area contributed by atoms with Crippen molar-refractivity contribution in [1.29, 1.82) is 0 Å². The Hall–Kier alpha value is -0.990. The van der Waals surface area contributed by atoms with Gasteiger partial charge in [0.15, 0.2) is 0 Å². The Labute approximate surface area is 92.9 Å². The van der Waals surface area contributed by atoms with Crippen LogP contribution in [0.3, 0.4) is 0 Å². The minimum Gasteiger partial charge on any atom is -0.353 e. The molecule has 0 amide bonds. The van der Waals surface area contributed by atoms with Gasteiger partial charge in [-0.3, -0.25) is 0 Å². The van der Waals surface area contributed by atoms with Crippen LogP contribution >= 0.6 is 0 Å². The predicted molar refractivity (Wildman–Crippen MR) is 65.1 cm³/mol. The summed E-state index contributed by atoms with van der Waals surface area (Å²) in [6.07, 6.45) is 10.3. The standard InChI is InChI=1S/C12H23N3/c1-4-5-6-7-8-11(2)14-12-13-9-10-15(12)3/h9-11H,4-8H2,1-3H3,(H,13,14). The highest BCUT2D eigenvalue weighted by Gasteiger charge is 2.04. The van der Waals surface area contributed by atoms with E-state index in [1.165, 1.54) is 32.1 Å². The van der Waals surface area contributed by atoms with Crippen molar-refractivity contribution < 1.29 is 0 Å². The average molecular weight is 209 g/mol. The number of aryl methyl sites for hydroxylation is 1. The summed E-state index contributed by atoms with van der Waals surface area (Å²) in [6, 6.07) is 0.517. The number of hydrogen-bond donors (Lipinski definition) is 1. The first kappa shape index (κ1) is 12.1. The first-order valence-corrected chi connectivity index (χ1v) is 5.98. The van der Waals surface area contributed by atoms with Crippen molar-refractivity contribution >= 4 is 5.95 Å². The number of aromatic nitrogens is 2. The van der Waals surface area contributed by atoms with Gasteiger partial charge in [-0.1, -0.05) is 32.6 Å². The molecule has 86 valence electrons. The van der Waals surface area contributed by atoms with Crippen LogP contribution in [0.5, 0.6) is 0 Å². The summed E-state index contributed by atoms with van der Waals surface area (Å²) in [5, 5.41) is 3.42. The molecule has 3 nitrogen and oxygen atoms in total. The zero-order valence-electron chi connectivity index (χ0n) is 10.2. The third-order valence-corrected chi connectivity index (χ3v) is 2.69. The summed E-state index contributed by atoms with van der Waals surface area (Å²) in [6.45, 7) is 4.47. The molecule has 0 aliphatic rings. The molecule has 1 atom stereocenters. The molecule has 0 aromatic carbocycles. The zero-order valence-corrected chi connectivity index (χ0v) is 10.2. The van der Waals surface area contributed by atoms with E-state index in [4.69, 9.17) is 0 Å². The number of nitrogens with zero attached hydrogens (tertiary/aromatic N) is 2. The van der Waals surface area contributed by atoms with Gasteiger partial charge in [-0.2, -0.15) is 0 Å². The fraction of sp³-hybridized carbons (Fsp3) is 0.750. The number of anilines is 1. The Morgan fingerprint density at radius 2 is 2.20 bits per heavy atom. The second-order valence-electron chi connectivity index (χ2n) is 4.26. The van der Waals surface area contributed by atoms with Crippen LogP contribution in [0.1, 0.15) is 46.0 Å². The van der Waals surface area contributed by atoms with Crippen molar-refractivity contribution in [2.24, 2.45) is 7.05 Å². The van der Waals surface area contributed by atoms with Crippen molar-refractivity contribution in [3.8, 4) is 0 Å². The third-order valence-electron chi connectivity index (χ3n) is 2.69. The molecule has 1 unspecified atom stereocenters. The van der Waals surface area contributed by atoms with Crippen LogP contribution in [0.15, 0.2) is 12.4 Å². The molecular formula is C12H23N3. The van der Waals surface area contributed by atoms with E-state index < -0.39 is 0 Å². The van der Waals surface area contributed by atoms with Crippen LogP contribution in [0, 0.1) is 0 Å². The summed E-state index contributed by atoms with van der Waals surface area (Å²) in [7, 11) is 2.01. The Morgan fingerprint density at radius 1 is 1.40 bits per heavy atom. The highest BCUT2D eigenvalue weighted by molar-refractivity contribution is 5.26. The summed E-state index contributed by atoms with van der Waals surface area (Å²) in [5.41, 5.74) is 0. The van der Waals surface area contributed by atoms with Crippen molar-refractivity contribution in [1.82, 2.24) is 9.55 Å². The average Bonchev–Trinajstić information content (AvgIpc) is 2.59. The third kappa shape index (κ3) is 4.36. The van der Waals surface area contributed by atoms with Gasteiger partial charge in [-0.05, 0) is 13.3 Å². The van der Waals surface area contributed by atoms with Crippen LogP contribution in [0.4, 0.5) is 5.95 Å². The predicted octanol–water partition coefficient (Wildman–Crippen LogP) is 3.19. The van der Waals surface area contributed by atoms with Gasteiger partial charge in [-0.25, -0.2) is 4.98 Å². The van der Waals surface area contributed by atoms with Gasteiger partial charge in [0.1, 0.15) is 0 Å². The summed E-state index contributed by atoms with van der Waals surface area (Å²) >= 11 is 0. The second kappa shape index (κ2) is 6.49. The molecule has 0 aliphatic heterocycles. The number of rotatable bonds is 7. The van der Waals surface area contributed by atoms with Crippen molar-refractivity contribution in [3.05, 3.63) is 12.4 Å². The van der Waals surface area contributed by atoms with Gasteiger partial charge in [0, 0.05) is 25.5 Å². The molecule has 0 bridgehead atoms. The van der Waals surface area contributed by atoms with Crippen molar-refractivity contribution in [2.45, 2.75) is 52.0 Å². The SMILES string of the molecule is CCCCCCC(C)Nc1nccn1C. The van der Waals surface area contributed by atoms with Gasteiger partial charge in [0.25, 0.3) is 0 Å². The number of imidazole rings is 1. The lowest BCUT2D eigenvalue weighted by atomic mass is 10.1. The van der Waals surface area contributed by atoms with Crippen molar-refractivity contribution in [2.75, 3.05) is 5.32 Å². The van der Waals surface area contributed by atoms with Crippen molar-refractivity contribution in [3.63, 3.8) is 0 Å². The Kier molecular flexibility index (Phi) is 5.22. The van der Waals surface area contributed by atoms with E-state index in [-0.39, 0.29) is 0 Å². The topological polar surface area (TPSA) is 29.9 Å². The maximum absolute atomic E-state index is 4.25. The molecule has 0 saturated carbocycles. The van der Waals surface area contributed by atoms with Gasteiger partial charge < -0.3 is 9.88 Å². The highest BCUT2D eigenvalue weighted by atomic mass is 15.2. The zero-order chi connectivity index (χ0) is 11.1. The molecule has 0 spiro atoms. The molecule has 1 rings (SSSR count). The van der Waals surface area contributed by atoms with Gasteiger partial charge in [0.05, 0.1) is 0 Å². The quantitative estimate of drug-likeness (QED) is 0.699. The van der Waals surface area contributed by atoms with E-state index in [2.05, 4.69) is 24.1 Å². The molecule has 0 fully saturated rings. The molecule has 0 radical (unpaired) electrons. The Balaban J connectivity index is 2.18. The fourth-order valence-corrected chi connectivity index (χ4v) is 1.67. The monoisotopic (exact) mass is 209 g/mol. The van der Waals surface area contributed by atoms with Gasteiger partial charge >= 0.3 is 0 Å². The van der Waals surface area contributed by atoms with E-state index in [9.17, 15) is 0 Å². The molecule has 1 heterocycles. The summed E-state index contributed by atoms with van der Waals surface area (Å²) in [4.78, 5) is 4.25. The maximum atomic E-state index is 4.25. The fourth-order valence-electron chi connectivity index (χ4n) is 1.67. The maximum Gasteiger partial charge on any atom is 0.202 e. The summed E-state index contributed by atoms with van der Waals surface area (Å²) in [5.74, 6) is 0.970. The Morgan fingerprint density at radius 3 is 2.80 bits per heavy atom. The lowest BCUT2D eigenvalue weighted by molar-refractivity contribution is 0.590. The lowest BCUT2D eigenvalue weighted by Gasteiger charge is -2.14. The smallest absolute Gasteiger partial charge is 0.202 e. The normalized spacial score (nSPS) is 12.7. The van der Waals surface area contributed by atoms with E-state index in [1.54, 1.807) is 0 Å². The van der Waals surface area contributed by atoms with Crippen LogP contribution in [-0.4, -0.2) is 15.6 Å². The lowest BCUT2D eigenvalue weighted by Crippen LogP contribution is -2.17. The molecule has 0 aliphatic carbocycles. The second-order valence-corrected chi connectivity index (χ2v) is 4.26. The largest absolute Gasteiger partial charge is 0.353 e. The summed E-state index contributed by atoms with van der Waals surface area (Å²) < 4.78 is 2.02. The first-order chi connectivity index (χ1) is 7.24. The van der Waals surface area contributed by atoms with Crippen LogP contribution in [0.25, 0.3) is 0 Å². The van der Waals surface area contributed by atoms with Gasteiger partial charge in [0.2, 0.25) is 5.95 Å². The Bertz CT molecular complexity index is 268. The molecule has 1 N–H and O–H groups in total. The van der Waals surface area contributed by atoms with E-state index >= 15 is 0 Å². The first-order valence-electron chi connectivity index (χ1n) is 5.98. The van der Waals surface area contributed by atoms with E-state index in [0.717, 1.165) is 5.95 Å². The number of nitrogens with one attached hydrogen (secondary N) is 1. The van der Waals surface area contributed by atoms with Crippen LogP contribution in [-0.2, 0) is 7.05 Å². The van der Waals surface area contributed by atoms with Crippen LogP contribution < -0.4 is 5.32 Å². The van der Waals surface area contributed by atoms with E-state index in [1.807, 2.05) is 24.0 Å². The minimum atomic E-state index is 0.517. The molecule has 1 aromatic rings. The molecule has 15 heavy (non-hydrogen) atoms. The number of unbranched alkanes of at least 4 members (excludes halogenated alkanes) is 3. The molecule has 1 aromatic heterocycles. The number of hydrogen-bond acceptors (Lipinski definition) is 2. The van der Waals surface area contributed by atoms with E-state index in [0.29, 0.717) is 6.04 Å². The van der Waals surface area contributed by atoms with Crippen LogP contribution in [0.2, 0.25) is 0 Å².